The van der Waals surface area contributed by atoms with E-state index in [1.54, 1.807) is 12.1 Å². The summed E-state index contributed by atoms with van der Waals surface area (Å²) in [7, 11) is 0. The second-order valence-corrected chi connectivity index (χ2v) is 5.90. The molecule has 0 radical (unpaired) electrons. The minimum atomic E-state index is -4.70. The van der Waals surface area contributed by atoms with Gasteiger partial charge in [-0.3, -0.25) is 9.63 Å². The maximum absolute atomic E-state index is 12.6. The highest BCUT2D eigenvalue weighted by Gasteiger charge is 2.38. The summed E-state index contributed by atoms with van der Waals surface area (Å²) in [6.45, 7) is 3.01. The van der Waals surface area contributed by atoms with Crippen molar-refractivity contribution in [1.29, 1.82) is 0 Å². The van der Waals surface area contributed by atoms with E-state index in [1.807, 2.05) is 6.92 Å². The third-order valence-corrected chi connectivity index (χ3v) is 3.73. The fraction of sp³-hybridized carbons (Fsp3) is 0.471. The Morgan fingerprint density at radius 2 is 1.93 bits per heavy atom. The van der Waals surface area contributed by atoms with Crippen LogP contribution in [0, 0.1) is 0 Å². The first-order chi connectivity index (χ1) is 13.4. The van der Waals surface area contributed by atoms with Gasteiger partial charge in [-0.15, -0.1) is 0 Å². The standard InChI is InChI=1S/C17H18F3N3O5/c1-2-7-27-23(14(24)15-25-8-9-26-15)10-11-3-5-12(6-4-11)13-21-16(28-22-13)17(18,19)20/h3-6,15H,2,7-10H2,1H3. The van der Waals surface area contributed by atoms with Gasteiger partial charge in [0.15, 0.2) is 0 Å². The smallest absolute Gasteiger partial charge is 0.342 e. The van der Waals surface area contributed by atoms with Crippen LogP contribution in [0.15, 0.2) is 28.8 Å². The zero-order valence-corrected chi connectivity index (χ0v) is 14.9. The zero-order valence-electron chi connectivity index (χ0n) is 14.9. The van der Waals surface area contributed by atoms with Crippen LogP contribution < -0.4 is 0 Å². The molecule has 8 nitrogen and oxygen atoms in total. The van der Waals surface area contributed by atoms with E-state index in [4.69, 9.17) is 14.3 Å². The summed E-state index contributed by atoms with van der Waals surface area (Å²) >= 11 is 0. The highest BCUT2D eigenvalue weighted by molar-refractivity contribution is 5.78. The van der Waals surface area contributed by atoms with Gasteiger partial charge in [0.25, 0.3) is 0 Å². The molecule has 1 saturated heterocycles. The van der Waals surface area contributed by atoms with Crippen molar-refractivity contribution in [1.82, 2.24) is 15.2 Å². The van der Waals surface area contributed by atoms with Crippen molar-refractivity contribution >= 4 is 5.91 Å². The van der Waals surface area contributed by atoms with Gasteiger partial charge in [0.05, 0.1) is 26.4 Å². The normalized spacial score (nSPS) is 15.1. The van der Waals surface area contributed by atoms with Gasteiger partial charge in [-0.05, 0) is 12.0 Å². The van der Waals surface area contributed by atoms with Crippen molar-refractivity contribution in [2.45, 2.75) is 32.4 Å². The molecule has 0 aliphatic carbocycles. The summed E-state index contributed by atoms with van der Waals surface area (Å²) in [5.74, 6) is -2.04. The maximum Gasteiger partial charge on any atom is 0.471 e. The first-order valence-corrected chi connectivity index (χ1v) is 8.56. The monoisotopic (exact) mass is 401 g/mol. The predicted octanol–water partition coefficient (Wildman–Crippen LogP) is 2.80. The second kappa shape index (κ2) is 8.67. The molecule has 1 aliphatic heterocycles. The molecule has 0 saturated carbocycles. The van der Waals surface area contributed by atoms with Crippen molar-refractivity contribution < 1.29 is 36.8 Å². The van der Waals surface area contributed by atoms with Crippen LogP contribution in [-0.4, -0.2) is 47.2 Å². The summed E-state index contributed by atoms with van der Waals surface area (Å²) in [6.07, 6.45) is -5.00. The summed E-state index contributed by atoms with van der Waals surface area (Å²) < 4.78 is 52.3. The molecule has 2 heterocycles. The average molecular weight is 401 g/mol. The molecule has 0 N–H and O–H groups in total. The Bertz CT molecular complexity index is 788. The lowest BCUT2D eigenvalue weighted by atomic mass is 10.1. The Morgan fingerprint density at radius 3 is 2.50 bits per heavy atom. The van der Waals surface area contributed by atoms with Crippen LogP contribution in [0.3, 0.4) is 0 Å². The van der Waals surface area contributed by atoms with E-state index >= 15 is 0 Å². The Labute approximate surface area is 158 Å². The molecule has 1 amide bonds. The van der Waals surface area contributed by atoms with E-state index in [0.717, 1.165) is 5.06 Å². The number of hydrogen-bond acceptors (Lipinski definition) is 7. The molecule has 28 heavy (non-hydrogen) atoms. The van der Waals surface area contributed by atoms with E-state index in [-0.39, 0.29) is 12.4 Å². The number of hydrogen-bond donors (Lipinski definition) is 0. The van der Waals surface area contributed by atoms with Crippen molar-refractivity contribution in [2.75, 3.05) is 19.8 Å². The van der Waals surface area contributed by atoms with E-state index in [0.29, 0.717) is 37.4 Å². The lowest BCUT2D eigenvalue weighted by molar-refractivity contribution is -0.212. The molecule has 1 aromatic carbocycles. The second-order valence-electron chi connectivity index (χ2n) is 5.90. The number of nitrogens with zero attached hydrogens (tertiary/aromatic N) is 3. The Balaban J connectivity index is 1.70. The van der Waals surface area contributed by atoms with Gasteiger partial charge >= 0.3 is 18.0 Å². The van der Waals surface area contributed by atoms with Crippen molar-refractivity contribution in [3.05, 3.63) is 35.7 Å². The van der Waals surface area contributed by atoms with Crippen LogP contribution in [0.1, 0.15) is 24.8 Å². The number of amides is 1. The number of benzene rings is 1. The van der Waals surface area contributed by atoms with Crippen LogP contribution in [0.5, 0.6) is 0 Å². The summed E-state index contributed by atoms with van der Waals surface area (Å²) in [4.78, 5) is 21.3. The van der Waals surface area contributed by atoms with Crippen LogP contribution in [0.4, 0.5) is 13.2 Å². The van der Waals surface area contributed by atoms with Crippen LogP contribution in [0.2, 0.25) is 0 Å². The number of carbonyl (C=O) groups is 1. The molecule has 1 fully saturated rings. The average Bonchev–Trinajstić information content (AvgIpc) is 3.36. The third-order valence-electron chi connectivity index (χ3n) is 3.73. The van der Waals surface area contributed by atoms with Gasteiger partial charge in [-0.2, -0.15) is 18.2 Å². The van der Waals surface area contributed by atoms with Crippen LogP contribution in [0.25, 0.3) is 11.4 Å². The first kappa shape index (κ1) is 20.2. The van der Waals surface area contributed by atoms with Gasteiger partial charge in [-0.1, -0.05) is 36.3 Å². The highest BCUT2D eigenvalue weighted by Crippen LogP contribution is 2.29. The molecule has 1 aromatic heterocycles. The van der Waals surface area contributed by atoms with E-state index in [2.05, 4.69) is 14.7 Å². The topological polar surface area (TPSA) is 86.9 Å². The Morgan fingerprint density at radius 1 is 1.25 bits per heavy atom. The number of rotatable bonds is 7. The SMILES string of the molecule is CCCON(Cc1ccc(-c2noc(C(F)(F)F)n2)cc1)C(=O)C1OCCO1. The number of ether oxygens (including phenoxy) is 2. The molecular weight excluding hydrogens is 383 g/mol. The maximum atomic E-state index is 12.6. The number of halogens is 3. The first-order valence-electron chi connectivity index (χ1n) is 8.56. The Hall–Kier alpha value is -2.50. The largest absolute Gasteiger partial charge is 0.471 e. The van der Waals surface area contributed by atoms with Gasteiger partial charge in [0.2, 0.25) is 12.1 Å². The summed E-state index contributed by atoms with van der Waals surface area (Å²) in [5.41, 5.74) is 1.03. The lowest BCUT2D eigenvalue weighted by Gasteiger charge is -2.23. The zero-order chi connectivity index (χ0) is 20.1. The fourth-order valence-electron chi connectivity index (χ4n) is 2.39. The molecule has 152 valence electrons. The minimum absolute atomic E-state index is 0.113. The molecule has 0 bridgehead atoms. The van der Waals surface area contributed by atoms with Crippen molar-refractivity contribution in [3.8, 4) is 11.4 Å². The fourth-order valence-corrected chi connectivity index (χ4v) is 2.39. The molecule has 11 heteroatoms. The molecule has 0 atom stereocenters. The minimum Gasteiger partial charge on any atom is -0.342 e. The summed E-state index contributed by atoms with van der Waals surface area (Å²) in [5, 5.41) is 4.49. The van der Waals surface area contributed by atoms with Gasteiger partial charge in [0, 0.05) is 5.56 Å². The van der Waals surface area contributed by atoms with Gasteiger partial charge in [0.1, 0.15) is 0 Å². The summed E-state index contributed by atoms with van der Waals surface area (Å²) in [6, 6.07) is 6.33. The van der Waals surface area contributed by atoms with Crippen LogP contribution >= 0.6 is 0 Å². The van der Waals surface area contributed by atoms with E-state index in [9.17, 15) is 18.0 Å². The number of carbonyl (C=O) groups excluding carboxylic acids is 1. The van der Waals surface area contributed by atoms with E-state index < -0.39 is 24.3 Å². The molecular formula is C17H18F3N3O5. The van der Waals surface area contributed by atoms with Crippen LogP contribution in [-0.2, 0) is 31.8 Å². The predicted molar refractivity (Wildman–Crippen MR) is 87.2 cm³/mol. The molecule has 0 spiro atoms. The van der Waals surface area contributed by atoms with E-state index in [1.165, 1.54) is 12.1 Å². The number of aromatic nitrogens is 2. The van der Waals surface area contributed by atoms with Gasteiger partial charge < -0.3 is 14.0 Å². The third kappa shape index (κ3) is 4.86. The molecule has 2 aromatic rings. The molecule has 1 aliphatic rings. The Kier molecular flexibility index (Phi) is 6.27. The lowest BCUT2D eigenvalue weighted by Crippen LogP contribution is -2.39. The number of hydroxylamine groups is 2. The van der Waals surface area contributed by atoms with Crippen molar-refractivity contribution in [2.24, 2.45) is 0 Å². The highest BCUT2D eigenvalue weighted by atomic mass is 19.4. The molecule has 3 rings (SSSR count). The quantitative estimate of drug-likeness (QED) is 0.660. The van der Waals surface area contributed by atoms with Crippen molar-refractivity contribution in [3.63, 3.8) is 0 Å². The van der Waals surface area contributed by atoms with Gasteiger partial charge in [-0.25, -0.2) is 5.06 Å². The molecule has 0 unspecified atom stereocenters. The number of alkyl halides is 3.